The Hall–Kier alpha value is -3.75. The maximum atomic E-state index is 12.9. The number of nitrogens with zero attached hydrogens (tertiary/aromatic N) is 2. The fraction of sp³-hybridized carbons (Fsp3) is 0.158. The summed E-state index contributed by atoms with van der Waals surface area (Å²) >= 11 is 0. The Morgan fingerprint density at radius 3 is 2.29 bits per heavy atom. The van der Waals surface area contributed by atoms with Crippen molar-refractivity contribution in [2.45, 2.75) is 17.4 Å². The fourth-order valence-corrected chi connectivity index (χ4v) is 3.93. The van der Waals surface area contributed by atoms with Crippen LogP contribution in [-0.2, 0) is 23.2 Å². The third-order valence-electron chi connectivity index (χ3n) is 4.21. The zero-order chi connectivity index (χ0) is 25.3. The van der Waals surface area contributed by atoms with Gasteiger partial charge in [-0.3, -0.25) is 14.2 Å². The molecule has 1 heterocycles. The third kappa shape index (κ3) is 5.98. The van der Waals surface area contributed by atoms with E-state index < -0.39 is 50.4 Å². The quantitative estimate of drug-likeness (QED) is 0.481. The lowest BCUT2D eigenvalue weighted by atomic mass is 10.2. The van der Waals surface area contributed by atoms with Gasteiger partial charge in [-0.05, 0) is 36.4 Å². The zero-order valence-electron chi connectivity index (χ0n) is 16.9. The molecule has 0 aliphatic heterocycles. The summed E-state index contributed by atoms with van der Waals surface area (Å²) < 4.78 is 110. The Morgan fingerprint density at radius 1 is 1.00 bits per heavy atom. The van der Waals surface area contributed by atoms with Crippen LogP contribution in [-0.4, -0.2) is 30.5 Å². The number of aryl methyl sites for hydroxylation is 1. The number of anilines is 2. The van der Waals surface area contributed by atoms with Crippen LogP contribution in [0.3, 0.4) is 0 Å². The van der Waals surface area contributed by atoms with Crippen LogP contribution in [0.1, 0.15) is 16.1 Å². The van der Waals surface area contributed by atoms with Gasteiger partial charge in [0, 0.05) is 30.7 Å². The van der Waals surface area contributed by atoms with E-state index in [1.54, 1.807) is 4.72 Å². The van der Waals surface area contributed by atoms with Gasteiger partial charge in [-0.2, -0.15) is 18.3 Å². The molecule has 0 radical (unpaired) electrons. The second kappa shape index (κ2) is 8.89. The Balaban J connectivity index is 1.96. The SMILES string of the molecule is Cn1nccc1C(=O)Nc1ccc(S(=O)(=O)Nc2cccc(C(F)(F)F)c2)c(OC(F)(F)F)c1. The number of carbonyl (C=O) groups is 1. The molecule has 0 spiro atoms. The number of hydrogen-bond donors (Lipinski definition) is 2. The molecule has 15 heteroatoms. The minimum Gasteiger partial charge on any atom is -0.404 e. The summed E-state index contributed by atoms with van der Waals surface area (Å²) in [4.78, 5) is 11.2. The van der Waals surface area contributed by atoms with Crippen molar-refractivity contribution in [1.29, 1.82) is 0 Å². The second-order valence-corrected chi connectivity index (χ2v) is 8.34. The van der Waals surface area contributed by atoms with E-state index in [-0.39, 0.29) is 11.4 Å². The Kier molecular flexibility index (Phi) is 6.50. The number of aromatic nitrogens is 2. The molecule has 34 heavy (non-hydrogen) atoms. The first-order valence-electron chi connectivity index (χ1n) is 9.05. The topological polar surface area (TPSA) is 102 Å². The zero-order valence-corrected chi connectivity index (χ0v) is 17.7. The van der Waals surface area contributed by atoms with Gasteiger partial charge in [0.25, 0.3) is 15.9 Å². The van der Waals surface area contributed by atoms with Crippen molar-refractivity contribution in [3.63, 3.8) is 0 Å². The molecule has 1 amide bonds. The number of halogens is 6. The lowest BCUT2D eigenvalue weighted by Crippen LogP contribution is -2.22. The van der Waals surface area contributed by atoms with E-state index >= 15 is 0 Å². The van der Waals surface area contributed by atoms with Crippen LogP contribution in [0.15, 0.2) is 59.6 Å². The summed E-state index contributed by atoms with van der Waals surface area (Å²) in [5.74, 6) is -1.97. The smallest absolute Gasteiger partial charge is 0.404 e. The van der Waals surface area contributed by atoms with Crippen LogP contribution in [0.5, 0.6) is 5.75 Å². The highest BCUT2D eigenvalue weighted by Gasteiger charge is 2.35. The molecule has 8 nitrogen and oxygen atoms in total. The number of alkyl halides is 6. The van der Waals surface area contributed by atoms with Gasteiger partial charge in [0.1, 0.15) is 10.6 Å². The molecular formula is C19H14F6N4O4S. The first-order chi connectivity index (χ1) is 15.7. The highest BCUT2D eigenvalue weighted by Crippen LogP contribution is 2.35. The van der Waals surface area contributed by atoms with E-state index in [4.69, 9.17) is 0 Å². The van der Waals surface area contributed by atoms with Crippen molar-refractivity contribution in [3.05, 3.63) is 66.0 Å². The first-order valence-corrected chi connectivity index (χ1v) is 10.5. The van der Waals surface area contributed by atoms with E-state index in [0.717, 1.165) is 18.2 Å². The molecule has 3 aromatic rings. The van der Waals surface area contributed by atoms with Crippen molar-refractivity contribution in [1.82, 2.24) is 9.78 Å². The van der Waals surface area contributed by atoms with Gasteiger partial charge in [0.05, 0.1) is 5.56 Å². The minimum absolute atomic E-state index is 0.0567. The van der Waals surface area contributed by atoms with Crippen molar-refractivity contribution < 1.29 is 44.3 Å². The van der Waals surface area contributed by atoms with Gasteiger partial charge in [-0.15, -0.1) is 13.2 Å². The molecule has 0 bridgehead atoms. The lowest BCUT2D eigenvalue weighted by Gasteiger charge is -2.16. The van der Waals surface area contributed by atoms with Crippen molar-refractivity contribution in [2.24, 2.45) is 7.05 Å². The van der Waals surface area contributed by atoms with Crippen molar-refractivity contribution in [2.75, 3.05) is 10.0 Å². The van der Waals surface area contributed by atoms with E-state index in [2.05, 4.69) is 15.2 Å². The van der Waals surface area contributed by atoms with E-state index in [0.29, 0.717) is 24.3 Å². The Morgan fingerprint density at radius 2 is 1.71 bits per heavy atom. The monoisotopic (exact) mass is 508 g/mol. The molecule has 0 saturated heterocycles. The molecule has 0 aliphatic rings. The molecule has 0 atom stereocenters. The largest absolute Gasteiger partial charge is 0.573 e. The van der Waals surface area contributed by atoms with E-state index in [9.17, 15) is 39.6 Å². The van der Waals surface area contributed by atoms with Gasteiger partial charge in [0.15, 0.2) is 5.75 Å². The van der Waals surface area contributed by atoms with Gasteiger partial charge in [0.2, 0.25) is 0 Å². The minimum atomic E-state index is -5.31. The van der Waals surface area contributed by atoms with Crippen LogP contribution >= 0.6 is 0 Å². The average molecular weight is 508 g/mol. The summed E-state index contributed by atoms with van der Waals surface area (Å²) in [5, 5.41) is 6.05. The summed E-state index contributed by atoms with van der Waals surface area (Å²) in [5.41, 5.74) is -1.90. The van der Waals surface area contributed by atoms with Crippen molar-refractivity contribution in [3.8, 4) is 5.75 Å². The summed E-state index contributed by atoms with van der Waals surface area (Å²) in [6.07, 6.45) is -8.78. The van der Waals surface area contributed by atoms with Crippen LogP contribution in [0.4, 0.5) is 37.7 Å². The molecule has 0 aliphatic carbocycles. The molecule has 3 rings (SSSR count). The first kappa shape index (κ1) is 24.9. The predicted octanol–water partition coefficient (Wildman–Crippen LogP) is 4.39. The maximum absolute atomic E-state index is 12.9. The Bertz CT molecular complexity index is 1320. The van der Waals surface area contributed by atoms with Gasteiger partial charge in [-0.1, -0.05) is 6.07 Å². The molecule has 0 fully saturated rings. The standard InChI is InChI=1S/C19H14F6N4O4S/c1-29-14(7-8-26-29)17(30)27-12-5-6-16(15(10-12)33-19(23,24)25)34(31,32)28-13-4-2-3-11(9-13)18(20,21)22/h2-10,28H,1H3,(H,27,30). The number of ether oxygens (including phenoxy) is 1. The summed E-state index contributed by atoms with van der Waals surface area (Å²) in [7, 11) is -3.40. The van der Waals surface area contributed by atoms with Crippen molar-refractivity contribution >= 4 is 27.3 Å². The Labute approximate surface area is 188 Å². The summed E-state index contributed by atoms with van der Waals surface area (Å²) in [6, 6.07) is 6.71. The molecule has 0 saturated carbocycles. The number of hydrogen-bond acceptors (Lipinski definition) is 5. The average Bonchev–Trinajstić information content (AvgIpc) is 3.12. The number of benzene rings is 2. The van der Waals surface area contributed by atoms with Crippen LogP contribution in [0, 0.1) is 0 Å². The predicted molar refractivity (Wildman–Crippen MR) is 107 cm³/mol. The van der Waals surface area contributed by atoms with E-state index in [1.165, 1.54) is 24.0 Å². The van der Waals surface area contributed by atoms with E-state index in [1.807, 2.05) is 0 Å². The molecule has 182 valence electrons. The summed E-state index contributed by atoms with van der Waals surface area (Å²) in [6.45, 7) is 0. The number of carbonyl (C=O) groups excluding carboxylic acids is 1. The normalized spacial score (nSPS) is 12.3. The highest BCUT2D eigenvalue weighted by atomic mass is 32.2. The van der Waals surface area contributed by atoms with Crippen LogP contribution in [0.25, 0.3) is 0 Å². The molecule has 2 aromatic carbocycles. The second-order valence-electron chi connectivity index (χ2n) is 6.69. The van der Waals surface area contributed by atoms with Crippen LogP contribution < -0.4 is 14.8 Å². The highest BCUT2D eigenvalue weighted by molar-refractivity contribution is 7.92. The molecule has 2 N–H and O–H groups in total. The van der Waals surface area contributed by atoms with Gasteiger partial charge >= 0.3 is 12.5 Å². The molecule has 0 unspecified atom stereocenters. The third-order valence-corrected chi connectivity index (χ3v) is 5.63. The number of sulfonamides is 1. The van der Waals surface area contributed by atoms with Gasteiger partial charge in [-0.25, -0.2) is 8.42 Å². The maximum Gasteiger partial charge on any atom is 0.573 e. The van der Waals surface area contributed by atoms with Crippen LogP contribution in [0.2, 0.25) is 0 Å². The number of nitrogens with one attached hydrogen (secondary N) is 2. The molecular weight excluding hydrogens is 494 g/mol. The van der Waals surface area contributed by atoms with Gasteiger partial charge < -0.3 is 10.1 Å². The number of amides is 1. The fourth-order valence-electron chi connectivity index (χ4n) is 2.77. The lowest BCUT2D eigenvalue weighted by molar-refractivity contribution is -0.275. The molecule has 1 aromatic heterocycles. The number of rotatable bonds is 6.